The molecule has 15 heavy (non-hydrogen) atoms. The maximum atomic E-state index is 13.5. The van der Waals surface area contributed by atoms with Crippen molar-refractivity contribution >= 4 is 28.5 Å². The standard InChI is InChI=1S/C11H13FINO/c1-8-4-2-5-9(10(8)12)11(15)14-7-3-6-13/h2,4-5H,3,6-7H2,1H3,(H,14,15). The van der Waals surface area contributed by atoms with E-state index in [4.69, 9.17) is 0 Å². The van der Waals surface area contributed by atoms with Gasteiger partial charge in [0.15, 0.2) is 0 Å². The number of hydrogen-bond donors (Lipinski definition) is 1. The Hall–Kier alpha value is -0.650. The number of carbonyl (C=O) groups is 1. The van der Waals surface area contributed by atoms with Crippen LogP contribution in [0, 0.1) is 12.7 Å². The highest BCUT2D eigenvalue weighted by Gasteiger charge is 2.11. The zero-order valence-corrected chi connectivity index (χ0v) is 10.7. The van der Waals surface area contributed by atoms with Gasteiger partial charge in [0.05, 0.1) is 5.56 Å². The smallest absolute Gasteiger partial charge is 0.254 e. The van der Waals surface area contributed by atoms with Gasteiger partial charge in [0, 0.05) is 11.0 Å². The Bertz CT molecular complexity index is 354. The molecule has 0 spiro atoms. The zero-order valence-electron chi connectivity index (χ0n) is 8.52. The molecule has 0 fully saturated rings. The van der Waals surface area contributed by atoms with Gasteiger partial charge in [-0.05, 0) is 25.0 Å². The molecule has 1 aromatic carbocycles. The second kappa shape index (κ2) is 6.05. The Balaban J connectivity index is 2.69. The molecule has 0 aliphatic heterocycles. The van der Waals surface area contributed by atoms with Crippen LogP contribution in [0.25, 0.3) is 0 Å². The molecule has 0 unspecified atom stereocenters. The van der Waals surface area contributed by atoms with E-state index >= 15 is 0 Å². The average molecular weight is 321 g/mol. The zero-order chi connectivity index (χ0) is 11.3. The fourth-order valence-electron chi connectivity index (χ4n) is 1.19. The number of rotatable bonds is 4. The number of carbonyl (C=O) groups excluding carboxylic acids is 1. The lowest BCUT2D eigenvalue weighted by atomic mass is 10.1. The molecular formula is C11H13FINO. The minimum Gasteiger partial charge on any atom is -0.352 e. The molecule has 0 atom stereocenters. The lowest BCUT2D eigenvalue weighted by Gasteiger charge is -2.06. The summed E-state index contributed by atoms with van der Waals surface area (Å²) in [6, 6.07) is 4.84. The van der Waals surface area contributed by atoms with Crippen LogP contribution in [-0.2, 0) is 0 Å². The summed E-state index contributed by atoms with van der Waals surface area (Å²) < 4.78 is 14.5. The molecule has 1 amide bonds. The van der Waals surface area contributed by atoms with E-state index in [1.807, 2.05) is 0 Å². The molecular weight excluding hydrogens is 308 g/mol. The number of benzene rings is 1. The van der Waals surface area contributed by atoms with Crippen LogP contribution < -0.4 is 5.32 Å². The maximum Gasteiger partial charge on any atom is 0.254 e. The number of amides is 1. The van der Waals surface area contributed by atoms with E-state index in [0.29, 0.717) is 12.1 Å². The molecule has 0 aliphatic rings. The third-order valence-electron chi connectivity index (χ3n) is 2.03. The van der Waals surface area contributed by atoms with Crippen LogP contribution in [-0.4, -0.2) is 16.9 Å². The summed E-state index contributed by atoms with van der Waals surface area (Å²) in [7, 11) is 0. The van der Waals surface area contributed by atoms with Crippen molar-refractivity contribution in [3.05, 3.63) is 35.1 Å². The molecule has 82 valence electrons. The van der Waals surface area contributed by atoms with E-state index < -0.39 is 5.82 Å². The molecule has 0 saturated heterocycles. The van der Waals surface area contributed by atoms with Crippen LogP contribution in [0.3, 0.4) is 0 Å². The SMILES string of the molecule is Cc1cccc(C(=O)NCCCI)c1F. The molecule has 0 bridgehead atoms. The quantitative estimate of drug-likeness (QED) is 0.516. The van der Waals surface area contributed by atoms with E-state index in [1.54, 1.807) is 19.1 Å². The summed E-state index contributed by atoms with van der Waals surface area (Å²) in [4.78, 5) is 11.5. The summed E-state index contributed by atoms with van der Waals surface area (Å²) in [5.74, 6) is -0.759. The first kappa shape index (κ1) is 12.4. The van der Waals surface area contributed by atoms with Crippen LogP contribution in [0.5, 0.6) is 0 Å². The van der Waals surface area contributed by atoms with Gasteiger partial charge in [-0.3, -0.25) is 4.79 Å². The second-order valence-corrected chi connectivity index (χ2v) is 4.31. The van der Waals surface area contributed by atoms with Crippen LogP contribution in [0.15, 0.2) is 18.2 Å². The minimum atomic E-state index is -0.426. The Morgan fingerprint density at radius 1 is 1.53 bits per heavy atom. The average Bonchev–Trinajstić information content (AvgIpc) is 2.22. The number of alkyl halides is 1. The largest absolute Gasteiger partial charge is 0.352 e. The Kier molecular flexibility index (Phi) is 5.01. The van der Waals surface area contributed by atoms with Crippen molar-refractivity contribution in [1.29, 1.82) is 0 Å². The first-order chi connectivity index (χ1) is 7.16. The summed E-state index contributed by atoms with van der Waals surface area (Å²) in [5, 5.41) is 2.68. The molecule has 0 aromatic heterocycles. The lowest BCUT2D eigenvalue weighted by Crippen LogP contribution is -2.25. The van der Waals surface area contributed by atoms with Crippen molar-refractivity contribution in [3.8, 4) is 0 Å². The summed E-state index contributed by atoms with van der Waals surface area (Å²) in [5.41, 5.74) is 0.625. The summed E-state index contributed by atoms with van der Waals surface area (Å²) in [6.45, 7) is 2.24. The van der Waals surface area contributed by atoms with Crippen LogP contribution >= 0.6 is 22.6 Å². The Morgan fingerprint density at radius 3 is 2.93 bits per heavy atom. The molecule has 1 aromatic rings. The van der Waals surface area contributed by atoms with E-state index in [2.05, 4.69) is 27.9 Å². The van der Waals surface area contributed by atoms with Gasteiger partial charge in [-0.1, -0.05) is 34.7 Å². The van der Waals surface area contributed by atoms with Crippen molar-refractivity contribution < 1.29 is 9.18 Å². The monoisotopic (exact) mass is 321 g/mol. The number of nitrogens with one attached hydrogen (secondary N) is 1. The van der Waals surface area contributed by atoms with Crippen LogP contribution in [0.1, 0.15) is 22.3 Å². The number of aryl methyl sites for hydroxylation is 1. The highest BCUT2D eigenvalue weighted by Crippen LogP contribution is 2.11. The maximum absolute atomic E-state index is 13.5. The molecule has 0 aliphatic carbocycles. The fraction of sp³-hybridized carbons (Fsp3) is 0.364. The number of halogens is 2. The van der Waals surface area contributed by atoms with Gasteiger partial charge >= 0.3 is 0 Å². The van der Waals surface area contributed by atoms with Gasteiger partial charge in [0.25, 0.3) is 5.91 Å². The van der Waals surface area contributed by atoms with Crippen molar-refractivity contribution in [2.75, 3.05) is 11.0 Å². The molecule has 4 heteroatoms. The highest BCUT2D eigenvalue weighted by atomic mass is 127. The first-order valence-electron chi connectivity index (χ1n) is 4.76. The minimum absolute atomic E-state index is 0.128. The molecule has 1 rings (SSSR count). The van der Waals surface area contributed by atoms with Crippen LogP contribution in [0.2, 0.25) is 0 Å². The molecule has 2 nitrogen and oxygen atoms in total. The molecule has 1 N–H and O–H groups in total. The van der Waals surface area contributed by atoms with Crippen molar-refractivity contribution in [3.63, 3.8) is 0 Å². The van der Waals surface area contributed by atoms with Gasteiger partial charge in [-0.15, -0.1) is 0 Å². The molecule has 0 saturated carbocycles. The van der Waals surface area contributed by atoms with E-state index in [1.165, 1.54) is 6.07 Å². The van der Waals surface area contributed by atoms with E-state index in [-0.39, 0.29) is 11.5 Å². The lowest BCUT2D eigenvalue weighted by molar-refractivity contribution is 0.0949. The summed E-state index contributed by atoms with van der Waals surface area (Å²) in [6.07, 6.45) is 0.903. The summed E-state index contributed by atoms with van der Waals surface area (Å²) >= 11 is 2.24. The molecule has 0 heterocycles. The molecule has 0 radical (unpaired) electrons. The predicted molar refractivity (Wildman–Crippen MR) is 67.0 cm³/mol. The van der Waals surface area contributed by atoms with Crippen molar-refractivity contribution in [2.24, 2.45) is 0 Å². The topological polar surface area (TPSA) is 29.1 Å². The van der Waals surface area contributed by atoms with Gasteiger partial charge in [-0.2, -0.15) is 0 Å². The normalized spacial score (nSPS) is 10.1. The van der Waals surface area contributed by atoms with Gasteiger partial charge < -0.3 is 5.32 Å². The van der Waals surface area contributed by atoms with Gasteiger partial charge in [0.1, 0.15) is 5.82 Å². The van der Waals surface area contributed by atoms with Crippen molar-refractivity contribution in [1.82, 2.24) is 5.32 Å². The fourth-order valence-corrected chi connectivity index (χ4v) is 1.57. The van der Waals surface area contributed by atoms with E-state index in [9.17, 15) is 9.18 Å². The highest BCUT2D eigenvalue weighted by molar-refractivity contribution is 14.1. The predicted octanol–water partition coefficient (Wildman–Crippen LogP) is 2.69. The third-order valence-corrected chi connectivity index (χ3v) is 2.80. The second-order valence-electron chi connectivity index (χ2n) is 3.23. The van der Waals surface area contributed by atoms with Crippen LogP contribution in [0.4, 0.5) is 4.39 Å². The first-order valence-corrected chi connectivity index (χ1v) is 6.28. The Labute approximate surface area is 102 Å². The number of hydrogen-bond acceptors (Lipinski definition) is 1. The third kappa shape index (κ3) is 3.44. The van der Waals surface area contributed by atoms with Gasteiger partial charge in [-0.25, -0.2) is 4.39 Å². The van der Waals surface area contributed by atoms with Gasteiger partial charge in [0.2, 0.25) is 0 Å². The van der Waals surface area contributed by atoms with Crippen molar-refractivity contribution in [2.45, 2.75) is 13.3 Å². The van der Waals surface area contributed by atoms with E-state index in [0.717, 1.165) is 10.8 Å². The Morgan fingerprint density at radius 2 is 2.27 bits per heavy atom.